The fourth-order valence-electron chi connectivity index (χ4n) is 3.55. The molecule has 1 amide bonds. The van der Waals surface area contributed by atoms with Gasteiger partial charge < -0.3 is 30.9 Å². The Morgan fingerprint density at radius 3 is 2.83 bits per heavy atom. The second-order valence-electron chi connectivity index (χ2n) is 8.94. The lowest BCUT2D eigenvalue weighted by molar-refractivity contribution is 0.0945. The van der Waals surface area contributed by atoms with Crippen molar-refractivity contribution in [3.8, 4) is 0 Å². The summed E-state index contributed by atoms with van der Waals surface area (Å²) >= 11 is 0. The Hall–Kier alpha value is -3.50. The van der Waals surface area contributed by atoms with Crippen molar-refractivity contribution in [3.05, 3.63) is 54.0 Å². The molecule has 1 unspecified atom stereocenters. The molecule has 0 spiro atoms. The van der Waals surface area contributed by atoms with Gasteiger partial charge in [0.2, 0.25) is 5.95 Å². The van der Waals surface area contributed by atoms with Gasteiger partial charge in [0.05, 0.1) is 24.2 Å². The van der Waals surface area contributed by atoms with Crippen LogP contribution in [0.5, 0.6) is 0 Å². The number of hydrogen-bond donors (Lipinski definition) is 3. The Kier molecular flexibility index (Phi) is 9.16. The predicted molar refractivity (Wildman–Crippen MR) is 140 cm³/mol. The van der Waals surface area contributed by atoms with Gasteiger partial charge in [0.1, 0.15) is 5.69 Å². The SMILES string of the molecule is C=CNc1cnc(N(C)CCN(C)C)nc1C(N)=Nc1cc(C(=O)NCC2CCOC2)ccc1C. The minimum absolute atomic E-state index is 0.146. The van der Waals surface area contributed by atoms with E-state index < -0.39 is 0 Å². The van der Waals surface area contributed by atoms with Gasteiger partial charge in [-0.3, -0.25) is 4.79 Å². The molecule has 0 saturated carbocycles. The molecule has 0 bridgehead atoms. The highest BCUT2D eigenvalue weighted by molar-refractivity contribution is 6.03. The number of aryl methyl sites for hydroxylation is 1. The first-order valence-corrected chi connectivity index (χ1v) is 11.7. The van der Waals surface area contributed by atoms with Crippen LogP contribution >= 0.6 is 0 Å². The van der Waals surface area contributed by atoms with Crippen LogP contribution in [0, 0.1) is 12.8 Å². The highest BCUT2D eigenvalue weighted by Crippen LogP contribution is 2.23. The second-order valence-corrected chi connectivity index (χ2v) is 8.94. The fraction of sp³-hybridized carbons (Fsp3) is 0.440. The van der Waals surface area contributed by atoms with Crippen molar-refractivity contribution < 1.29 is 9.53 Å². The molecule has 3 rings (SSSR count). The van der Waals surface area contributed by atoms with E-state index >= 15 is 0 Å². The number of hydrogen-bond acceptors (Lipinski definition) is 8. The zero-order valence-electron chi connectivity index (χ0n) is 21.0. The monoisotopic (exact) mass is 480 g/mol. The molecule has 35 heavy (non-hydrogen) atoms. The summed E-state index contributed by atoms with van der Waals surface area (Å²) in [5, 5.41) is 6.01. The van der Waals surface area contributed by atoms with Gasteiger partial charge in [0.25, 0.3) is 5.91 Å². The van der Waals surface area contributed by atoms with Gasteiger partial charge in [-0.2, -0.15) is 0 Å². The van der Waals surface area contributed by atoms with Crippen LogP contribution in [0.3, 0.4) is 0 Å². The topological polar surface area (TPSA) is 121 Å². The van der Waals surface area contributed by atoms with Gasteiger partial charge in [-0.25, -0.2) is 15.0 Å². The Labute approximate surface area is 207 Å². The molecule has 1 aromatic heterocycles. The number of benzene rings is 1. The molecule has 4 N–H and O–H groups in total. The number of rotatable bonds is 11. The van der Waals surface area contributed by atoms with Gasteiger partial charge >= 0.3 is 0 Å². The zero-order valence-corrected chi connectivity index (χ0v) is 21.0. The van der Waals surface area contributed by atoms with Crippen molar-refractivity contribution >= 4 is 29.1 Å². The quantitative estimate of drug-likeness (QED) is 0.330. The number of nitrogens with zero attached hydrogens (tertiary/aromatic N) is 5. The third-order valence-corrected chi connectivity index (χ3v) is 5.79. The van der Waals surface area contributed by atoms with Crippen LogP contribution in [0.1, 0.15) is 28.0 Å². The molecule has 2 heterocycles. The first kappa shape index (κ1) is 26.1. The number of amidine groups is 1. The third-order valence-electron chi connectivity index (χ3n) is 5.79. The van der Waals surface area contributed by atoms with Crippen molar-refractivity contribution in [1.29, 1.82) is 0 Å². The molecular formula is C25H36N8O2. The van der Waals surface area contributed by atoms with Crippen LogP contribution in [0.4, 0.5) is 17.3 Å². The number of amides is 1. The lowest BCUT2D eigenvalue weighted by Crippen LogP contribution is -2.30. The summed E-state index contributed by atoms with van der Waals surface area (Å²) in [5.74, 6) is 0.960. The normalized spacial score (nSPS) is 15.8. The molecule has 10 nitrogen and oxygen atoms in total. The molecule has 1 fully saturated rings. The summed E-state index contributed by atoms with van der Waals surface area (Å²) in [5.41, 5.74) is 9.50. The van der Waals surface area contributed by atoms with E-state index in [0.717, 1.165) is 31.7 Å². The number of ether oxygens (including phenoxy) is 1. The summed E-state index contributed by atoms with van der Waals surface area (Å²) < 4.78 is 5.38. The average Bonchev–Trinajstić information content (AvgIpc) is 3.36. The van der Waals surface area contributed by atoms with E-state index in [1.165, 1.54) is 6.20 Å². The predicted octanol–water partition coefficient (Wildman–Crippen LogP) is 2.14. The van der Waals surface area contributed by atoms with E-state index in [2.05, 4.69) is 37.1 Å². The summed E-state index contributed by atoms with van der Waals surface area (Å²) in [7, 11) is 5.96. The van der Waals surface area contributed by atoms with Gasteiger partial charge in [-0.05, 0) is 51.3 Å². The number of aromatic nitrogens is 2. The van der Waals surface area contributed by atoms with Gasteiger partial charge in [0, 0.05) is 44.8 Å². The molecule has 10 heteroatoms. The summed E-state index contributed by atoms with van der Waals surface area (Å²) in [6.45, 7) is 9.28. The minimum Gasteiger partial charge on any atom is -0.382 e. The lowest BCUT2D eigenvalue weighted by atomic mass is 10.1. The van der Waals surface area contributed by atoms with Crippen LogP contribution in [0.25, 0.3) is 0 Å². The van der Waals surface area contributed by atoms with Gasteiger partial charge in [-0.1, -0.05) is 12.6 Å². The molecule has 1 saturated heterocycles. The first-order chi connectivity index (χ1) is 16.8. The van der Waals surface area contributed by atoms with Crippen molar-refractivity contribution in [2.45, 2.75) is 13.3 Å². The Bertz CT molecular complexity index is 1060. The van der Waals surface area contributed by atoms with Crippen LogP contribution in [-0.2, 0) is 4.74 Å². The Balaban J connectivity index is 1.85. The van der Waals surface area contributed by atoms with Crippen molar-refractivity contribution in [1.82, 2.24) is 20.2 Å². The molecular weight excluding hydrogens is 444 g/mol. The molecule has 1 atom stereocenters. The summed E-state index contributed by atoms with van der Waals surface area (Å²) in [6.07, 6.45) is 4.17. The standard InChI is InChI=1S/C25H36N8O2/c1-6-27-21-15-29-25(33(5)11-10-32(3)4)31-22(21)23(26)30-20-13-19(8-7-17(20)2)24(34)28-14-18-9-12-35-16-18/h6-8,13,15,18,27H,1,9-12,14,16H2,2-5H3,(H2,26,30)(H,28,34). The van der Waals surface area contributed by atoms with E-state index in [9.17, 15) is 4.79 Å². The molecule has 1 aliphatic rings. The highest BCUT2D eigenvalue weighted by Gasteiger charge is 2.18. The summed E-state index contributed by atoms with van der Waals surface area (Å²) in [6, 6.07) is 5.40. The average molecular weight is 481 g/mol. The second kappa shape index (κ2) is 12.3. The third kappa shape index (κ3) is 7.24. The molecule has 1 aliphatic heterocycles. The van der Waals surface area contributed by atoms with Crippen molar-refractivity contribution in [2.24, 2.45) is 16.6 Å². The molecule has 0 aliphatic carbocycles. The van der Waals surface area contributed by atoms with Crippen LogP contribution in [0.15, 0.2) is 42.2 Å². The molecule has 188 valence electrons. The number of carbonyl (C=O) groups is 1. The zero-order chi connectivity index (χ0) is 25.4. The Morgan fingerprint density at radius 2 is 2.14 bits per heavy atom. The summed E-state index contributed by atoms with van der Waals surface area (Å²) in [4.78, 5) is 30.5. The van der Waals surface area contributed by atoms with E-state index in [4.69, 9.17) is 10.5 Å². The number of carbonyl (C=O) groups excluding carboxylic acids is 1. The highest BCUT2D eigenvalue weighted by atomic mass is 16.5. The molecule has 2 aromatic rings. The maximum absolute atomic E-state index is 12.7. The molecule has 1 aromatic carbocycles. The maximum Gasteiger partial charge on any atom is 0.251 e. The van der Waals surface area contributed by atoms with E-state index in [-0.39, 0.29) is 11.7 Å². The number of likely N-dealkylation sites (N-methyl/N-ethyl adjacent to an activating group) is 2. The van der Waals surface area contributed by atoms with E-state index in [1.807, 2.05) is 39.0 Å². The molecule has 0 radical (unpaired) electrons. The maximum atomic E-state index is 12.7. The number of anilines is 2. The van der Waals surface area contributed by atoms with Gasteiger partial charge in [0.15, 0.2) is 5.84 Å². The lowest BCUT2D eigenvalue weighted by Gasteiger charge is -2.20. The Morgan fingerprint density at radius 1 is 1.34 bits per heavy atom. The van der Waals surface area contributed by atoms with E-state index in [1.54, 1.807) is 18.3 Å². The largest absolute Gasteiger partial charge is 0.382 e. The van der Waals surface area contributed by atoms with Crippen LogP contribution < -0.4 is 21.3 Å². The first-order valence-electron chi connectivity index (χ1n) is 11.7. The smallest absolute Gasteiger partial charge is 0.251 e. The van der Waals surface area contributed by atoms with Crippen molar-refractivity contribution in [2.75, 3.05) is 64.2 Å². The van der Waals surface area contributed by atoms with Crippen LogP contribution in [-0.4, -0.2) is 80.6 Å². The van der Waals surface area contributed by atoms with Gasteiger partial charge in [-0.15, -0.1) is 0 Å². The van der Waals surface area contributed by atoms with Crippen molar-refractivity contribution in [3.63, 3.8) is 0 Å². The fourth-order valence-corrected chi connectivity index (χ4v) is 3.55. The van der Waals surface area contributed by atoms with Crippen LogP contribution in [0.2, 0.25) is 0 Å². The number of nitrogens with one attached hydrogen (secondary N) is 2. The number of aliphatic imine (C=N–C) groups is 1. The van der Waals surface area contributed by atoms with E-state index in [0.29, 0.717) is 47.7 Å². The minimum atomic E-state index is -0.146. The number of nitrogens with two attached hydrogens (primary N) is 1.